The molecule has 0 unspecified atom stereocenters. The van der Waals surface area contributed by atoms with Gasteiger partial charge in [-0.15, -0.1) is 0 Å². The van der Waals surface area contributed by atoms with Crippen molar-refractivity contribution in [3.05, 3.63) is 59.0 Å². The maximum atomic E-state index is 13.1. The zero-order valence-corrected chi connectivity index (χ0v) is 17.4. The van der Waals surface area contributed by atoms with E-state index in [2.05, 4.69) is 52.9 Å². The molecular weight excluding hydrogens is 364 g/mol. The second-order valence-electron chi connectivity index (χ2n) is 7.64. The van der Waals surface area contributed by atoms with Crippen molar-refractivity contribution < 1.29 is 4.79 Å². The van der Waals surface area contributed by atoms with Crippen LogP contribution in [0.1, 0.15) is 27.2 Å². The Labute approximate surface area is 171 Å². The van der Waals surface area contributed by atoms with Crippen molar-refractivity contribution in [2.24, 2.45) is 7.05 Å². The smallest absolute Gasteiger partial charge is 0.274 e. The molecule has 2 aromatic heterocycles. The van der Waals surface area contributed by atoms with Gasteiger partial charge in [-0.25, -0.2) is 9.97 Å². The third kappa shape index (κ3) is 3.72. The van der Waals surface area contributed by atoms with Crippen LogP contribution in [0.3, 0.4) is 0 Å². The first kappa shape index (κ1) is 19.1. The summed E-state index contributed by atoms with van der Waals surface area (Å²) >= 11 is 0. The SMILES string of the molecule is Cc1cc(C)c(-c2cc(C(=O)N3CCN(c4ncccn4)CC3)nn2C)c(C)c1. The lowest BCUT2D eigenvalue weighted by atomic mass is 9.97. The van der Waals surface area contributed by atoms with Crippen LogP contribution in [0, 0.1) is 20.8 Å². The highest BCUT2D eigenvalue weighted by Crippen LogP contribution is 2.29. The summed E-state index contributed by atoms with van der Waals surface area (Å²) in [6.07, 6.45) is 3.48. The maximum absolute atomic E-state index is 13.1. The van der Waals surface area contributed by atoms with Crippen molar-refractivity contribution in [3.63, 3.8) is 0 Å². The predicted molar refractivity (Wildman–Crippen MR) is 113 cm³/mol. The van der Waals surface area contributed by atoms with E-state index in [4.69, 9.17) is 0 Å². The van der Waals surface area contributed by atoms with Crippen LogP contribution in [0.25, 0.3) is 11.3 Å². The first-order valence-corrected chi connectivity index (χ1v) is 9.87. The molecule has 0 saturated carbocycles. The molecule has 150 valence electrons. The first-order chi connectivity index (χ1) is 13.9. The van der Waals surface area contributed by atoms with Gasteiger partial charge < -0.3 is 9.80 Å². The van der Waals surface area contributed by atoms with Crippen LogP contribution in [0.4, 0.5) is 5.95 Å². The van der Waals surface area contributed by atoms with Gasteiger partial charge in [-0.05, 0) is 44.0 Å². The molecule has 0 bridgehead atoms. The summed E-state index contributed by atoms with van der Waals surface area (Å²) in [4.78, 5) is 25.6. The van der Waals surface area contributed by atoms with Crippen molar-refractivity contribution in [1.29, 1.82) is 0 Å². The molecule has 0 spiro atoms. The van der Waals surface area contributed by atoms with Crippen molar-refractivity contribution >= 4 is 11.9 Å². The van der Waals surface area contributed by atoms with Crippen LogP contribution in [-0.4, -0.2) is 56.7 Å². The fraction of sp³-hybridized carbons (Fsp3) is 0.364. The number of carbonyl (C=O) groups excluding carboxylic acids is 1. The maximum Gasteiger partial charge on any atom is 0.274 e. The molecule has 1 aliphatic heterocycles. The van der Waals surface area contributed by atoms with Gasteiger partial charge in [0.25, 0.3) is 5.91 Å². The summed E-state index contributed by atoms with van der Waals surface area (Å²) in [5.74, 6) is 0.688. The highest BCUT2D eigenvalue weighted by Gasteiger charge is 2.26. The quantitative estimate of drug-likeness (QED) is 0.688. The summed E-state index contributed by atoms with van der Waals surface area (Å²) in [5.41, 5.74) is 6.24. The number of amides is 1. The Morgan fingerprint density at radius 3 is 2.17 bits per heavy atom. The Hall–Kier alpha value is -3.22. The van der Waals surface area contributed by atoms with Crippen molar-refractivity contribution in [3.8, 4) is 11.3 Å². The van der Waals surface area contributed by atoms with E-state index in [0.717, 1.165) is 11.3 Å². The predicted octanol–water partition coefficient (Wildman–Crippen LogP) is 2.76. The van der Waals surface area contributed by atoms with E-state index in [9.17, 15) is 4.79 Å². The molecule has 1 fully saturated rings. The van der Waals surface area contributed by atoms with Crippen LogP contribution in [-0.2, 0) is 7.05 Å². The normalized spacial score (nSPS) is 14.3. The molecule has 3 aromatic rings. The number of benzene rings is 1. The second-order valence-corrected chi connectivity index (χ2v) is 7.64. The molecule has 0 N–H and O–H groups in total. The monoisotopic (exact) mass is 390 g/mol. The Kier molecular flexibility index (Phi) is 5.05. The molecule has 1 aliphatic rings. The number of aryl methyl sites for hydroxylation is 4. The number of rotatable bonds is 3. The third-order valence-corrected chi connectivity index (χ3v) is 5.43. The molecule has 29 heavy (non-hydrogen) atoms. The Morgan fingerprint density at radius 1 is 0.931 bits per heavy atom. The fourth-order valence-electron chi connectivity index (χ4n) is 4.12. The summed E-state index contributed by atoms with van der Waals surface area (Å²) in [6.45, 7) is 9.00. The second kappa shape index (κ2) is 7.66. The molecule has 7 heteroatoms. The van der Waals surface area contributed by atoms with E-state index >= 15 is 0 Å². The molecule has 1 amide bonds. The lowest BCUT2D eigenvalue weighted by molar-refractivity contribution is 0.0739. The largest absolute Gasteiger partial charge is 0.337 e. The highest BCUT2D eigenvalue weighted by molar-refractivity contribution is 5.94. The number of carbonyl (C=O) groups is 1. The molecule has 1 aromatic carbocycles. The van der Waals surface area contributed by atoms with Crippen LogP contribution >= 0.6 is 0 Å². The minimum atomic E-state index is -0.0251. The molecule has 0 atom stereocenters. The average molecular weight is 390 g/mol. The van der Waals surface area contributed by atoms with Crippen molar-refractivity contribution in [1.82, 2.24) is 24.6 Å². The number of aromatic nitrogens is 4. The minimum Gasteiger partial charge on any atom is -0.337 e. The average Bonchev–Trinajstić information content (AvgIpc) is 3.09. The van der Waals surface area contributed by atoms with E-state index in [-0.39, 0.29) is 5.91 Å². The van der Waals surface area contributed by atoms with E-state index in [1.807, 2.05) is 22.7 Å². The van der Waals surface area contributed by atoms with Gasteiger partial charge in [0.15, 0.2) is 5.69 Å². The van der Waals surface area contributed by atoms with Gasteiger partial charge >= 0.3 is 0 Å². The number of hydrogen-bond acceptors (Lipinski definition) is 5. The number of nitrogens with zero attached hydrogens (tertiary/aromatic N) is 6. The molecule has 1 saturated heterocycles. The number of anilines is 1. The van der Waals surface area contributed by atoms with E-state index < -0.39 is 0 Å². The van der Waals surface area contributed by atoms with Crippen molar-refractivity contribution in [2.75, 3.05) is 31.1 Å². The molecular formula is C22H26N6O. The number of hydrogen-bond donors (Lipinski definition) is 0. The fourth-order valence-corrected chi connectivity index (χ4v) is 4.12. The van der Waals surface area contributed by atoms with Gasteiger partial charge in [-0.1, -0.05) is 17.7 Å². The standard InChI is InChI=1S/C22H26N6O/c1-15-12-16(2)20(17(3)13-15)19-14-18(25-26(19)4)21(29)27-8-10-28(11-9-27)22-23-6-5-7-24-22/h5-7,12-14H,8-11H2,1-4H3. The summed E-state index contributed by atoms with van der Waals surface area (Å²) in [6, 6.07) is 8.06. The number of piperazine rings is 1. The van der Waals surface area contributed by atoms with Crippen LogP contribution in [0.2, 0.25) is 0 Å². The molecule has 7 nitrogen and oxygen atoms in total. The van der Waals surface area contributed by atoms with Gasteiger partial charge in [0.1, 0.15) is 0 Å². The van der Waals surface area contributed by atoms with Gasteiger partial charge in [0.05, 0.1) is 5.69 Å². The van der Waals surface area contributed by atoms with Crippen LogP contribution in [0.15, 0.2) is 36.7 Å². The Morgan fingerprint density at radius 2 is 1.55 bits per heavy atom. The minimum absolute atomic E-state index is 0.0251. The Balaban J connectivity index is 1.52. The molecule has 4 rings (SSSR count). The van der Waals surface area contributed by atoms with Gasteiger partial charge in [-0.3, -0.25) is 9.48 Å². The van der Waals surface area contributed by atoms with Crippen LogP contribution in [0.5, 0.6) is 0 Å². The zero-order chi connectivity index (χ0) is 20.5. The van der Waals surface area contributed by atoms with E-state index in [1.165, 1.54) is 16.7 Å². The van der Waals surface area contributed by atoms with E-state index in [1.54, 1.807) is 18.5 Å². The molecule has 0 aliphatic carbocycles. The lowest BCUT2D eigenvalue weighted by Crippen LogP contribution is -2.49. The topological polar surface area (TPSA) is 67.2 Å². The highest BCUT2D eigenvalue weighted by atomic mass is 16.2. The van der Waals surface area contributed by atoms with Gasteiger partial charge in [0, 0.05) is 51.2 Å². The van der Waals surface area contributed by atoms with Crippen LogP contribution < -0.4 is 4.90 Å². The van der Waals surface area contributed by atoms with Gasteiger partial charge in [-0.2, -0.15) is 5.10 Å². The van der Waals surface area contributed by atoms with Crippen molar-refractivity contribution in [2.45, 2.75) is 20.8 Å². The first-order valence-electron chi connectivity index (χ1n) is 9.87. The molecule has 3 heterocycles. The molecule has 0 radical (unpaired) electrons. The lowest BCUT2D eigenvalue weighted by Gasteiger charge is -2.34. The summed E-state index contributed by atoms with van der Waals surface area (Å²) in [7, 11) is 1.90. The zero-order valence-electron chi connectivity index (χ0n) is 17.4. The summed E-state index contributed by atoms with van der Waals surface area (Å²) in [5, 5.41) is 4.53. The summed E-state index contributed by atoms with van der Waals surface area (Å²) < 4.78 is 1.81. The third-order valence-electron chi connectivity index (χ3n) is 5.43. The Bertz CT molecular complexity index is 1010. The van der Waals surface area contributed by atoms with E-state index in [0.29, 0.717) is 37.8 Å². The van der Waals surface area contributed by atoms with Gasteiger partial charge in [0.2, 0.25) is 5.95 Å².